The van der Waals surface area contributed by atoms with Gasteiger partial charge in [0.05, 0.1) is 18.9 Å². The van der Waals surface area contributed by atoms with Gasteiger partial charge in [0.2, 0.25) is 0 Å². The van der Waals surface area contributed by atoms with Crippen LogP contribution >= 0.6 is 0 Å². The molecule has 1 aliphatic heterocycles. The first-order valence-corrected chi connectivity index (χ1v) is 9.73. The molecule has 0 radical (unpaired) electrons. The van der Waals surface area contributed by atoms with Crippen molar-refractivity contribution < 1.29 is 9.53 Å². The standard InChI is InChI=1S/C23H29N3O2/c1-17(18-7-11-21(12-8-18)26-13-15-28-16-14-26)24-25-22(27)19-5-9-20(10-6-19)23(2,3)4/h5-12H,13-16H2,1-4H3,(H,25,27). The van der Waals surface area contributed by atoms with Crippen molar-refractivity contribution in [3.63, 3.8) is 0 Å². The van der Waals surface area contributed by atoms with Gasteiger partial charge in [0.1, 0.15) is 0 Å². The molecule has 1 saturated heterocycles. The zero-order valence-corrected chi connectivity index (χ0v) is 17.2. The predicted octanol–water partition coefficient (Wildman–Crippen LogP) is 3.97. The maximum Gasteiger partial charge on any atom is 0.271 e. The predicted molar refractivity (Wildman–Crippen MR) is 114 cm³/mol. The van der Waals surface area contributed by atoms with E-state index in [1.54, 1.807) is 0 Å². The van der Waals surface area contributed by atoms with Gasteiger partial charge in [0.15, 0.2) is 0 Å². The lowest BCUT2D eigenvalue weighted by molar-refractivity contribution is 0.0954. The Morgan fingerprint density at radius 2 is 1.54 bits per heavy atom. The van der Waals surface area contributed by atoms with Crippen LogP contribution in [0.3, 0.4) is 0 Å². The lowest BCUT2D eigenvalue weighted by Gasteiger charge is -2.28. The van der Waals surface area contributed by atoms with Crippen molar-refractivity contribution in [1.82, 2.24) is 5.43 Å². The van der Waals surface area contributed by atoms with E-state index in [1.807, 2.05) is 43.3 Å². The molecule has 1 aliphatic rings. The second-order valence-corrected chi connectivity index (χ2v) is 8.11. The summed E-state index contributed by atoms with van der Waals surface area (Å²) in [5.41, 5.74) is 7.47. The van der Waals surface area contributed by atoms with Crippen molar-refractivity contribution in [2.45, 2.75) is 33.1 Å². The highest BCUT2D eigenvalue weighted by atomic mass is 16.5. The second kappa shape index (κ2) is 8.57. The molecular formula is C23H29N3O2. The number of carbonyl (C=O) groups excluding carboxylic acids is 1. The number of anilines is 1. The van der Waals surface area contributed by atoms with Crippen LogP contribution in [0.15, 0.2) is 53.6 Å². The molecule has 148 valence electrons. The highest BCUT2D eigenvalue weighted by Crippen LogP contribution is 2.22. The van der Waals surface area contributed by atoms with E-state index < -0.39 is 0 Å². The van der Waals surface area contributed by atoms with Crippen molar-refractivity contribution in [2.24, 2.45) is 5.10 Å². The summed E-state index contributed by atoms with van der Waals surface area (Å²) >= 11 is 0. The maximum absolute atomic E-state index is 12.4. The number of hydrogen-bond donors (Lipinski definition) is 1. The molecule has 0 atom stereocenters. The highest BCUT2D eigenvalue weighted by Gasteiger charge is 2.14. The molecule has 2 aromatic rings. The van der Waals surface area contributed by atoms with Crippen LogP contribution in [-0.2, 0) is 10.2 Å². The minimum atomic E-state index is -0.204. The van der Waals surface area contributed by atoms with Crippen LogP contribution in [0, 0.1) is 0 Å². The summed E-state index contributed by atoms with van der Waals surface area (Å²) in [6.45, 7) is 11.7. The largest absolute Gasteiger partial charge is 0.378 e. The van der Waals surface area contributed by atoms with E-state index in [-0.39, 0.29) is 11.3 Å². The van der Waals surface area contributed by atoms with Crippen LogP contribution in [0.25, 0.3) is 0 Å². The quantitative estimate of drug-likeness (QED) is 0.646. The second-order valence-electron chi connectivity index (χ2n) is 8.11. The highest BCUT2D eigenvalue weighted by molar-refractivity contribution is 6.01. The van der Waals surface area contributed by atoms with E-state index in [2.05, 4.69) is 48.3 Å². The van der Waals surface area contributed by atoms with Crippen molar-refractivity contribution in [2.75, 3.05) is 31.2 Å². The zero-order valence-electron chi connectivity index (χ0n) is 17.2. The van der Waals surface area contributed by atoms with E-state index in [0.29, 0.717) is 5.56 Å². The van der Waals surface area contributed by atoms with Gasteiger partial charge in [-0.05, 0) is 47.7 Å². The van der Waals surface area contributed by atoms with Gasteiger partial charge in [-0.25, -0.2) is 5.43 Å². The summed E-state index contributed by atoms with van der Waals surface area (Å²) in [6, 6.07) is 15.9. The van der Waals surface area contributed by atoms with Crippen molar-refractivity contribution in [1.29, 1.82) is 0 Å². The molecule has 1 N–H and O–H groups in total. The topological polar surface area (TPSA) is 53.9 Å². The molecule has 3 rings (SSSR count). The third kappa shape index (κ3) is 4.98. The lowest BCUT2D eigenvalue weighted by atomic mass is 9.87. The molecule has 0 aromatic heterocycles. The molecular weight excluding hydrogens is 350 g/mol. The summed E-state index contributed by atoms with van der Waals surface area (Å²) in [6.07, 6.45) is 0. The molecule has 5 nitrogen and oxygen atoms in total. The monoisotopic (exact) mass is 379 g/mol. The first-order chi connectivity index (χ1) is 13.3. The number of benzene rings is 2. The number of ether oxygens (including phenoxy) is 1. The van der Waals surface area contributed by atoms with Gasteiger partial charge in [-0.3, -0.25) is 4.79 Å². The van der Waals surface area contributed by atoms with Gasteiger partial charge in [-0.15, -0.1) is 0 Å². The Kier molecular flexibility index (Phi) is 6.15. The van der Waals surface area contributed by atoms with Gasteiger partial charge >= 0.3 is 0 Å². The van der Waals surface area contributed by atoms with E-state index in [9.17, 15) is 4.79 Å². The average Bonchev–Trinajstić information content (AvgIpc) is 2.72. The molecule has 0 saturated carbocycles. The van der Waals surface area contributed by atoms with E-state index in [1.165, 1.54) is 11.3 Å². The van der Waals surface area contributed by atoms with Crippen LogP contribution in [0.1, 0.15) is 49.2 Å². The van der Waals surface area contributed by atoms with Crippen molar-refractivity contribution in [3.8, 4) is 0 Å². The molecule has 2 aromatic carbocycles. The third-order valence-corrected chi connectivity index (χ3v) is 5.00. The summed E-state index contributed by atoms with van der Waals surface area (Å²) in [5.74, 6) is -0.204. The Morgan fingerprint density at radius 3 is 2.11 bits per heavy atom. The fraction of sp³-hybridized carbons (Fsp3) is 0.391. The molecule has 5 heteroatoms. The summed E-state index contributed by atoms with van der Waals surface area (Å²) in [5, 5.41) is 4.27. The van der Waals surface area contributed by atoms with Gasteiger partial charge in [-0.1, -0.05) is 45.0 Å². The Morgan fingerprint density at radius 1 is 0.964 bits per heavy atom. The van der Waals surface area contributed by atoms with Gasteiger partial charge in [-0.2, -0.15) is 5.10 Å². The Labute approximate surface area is 167 Å². The first-order valence-electron chi connectivity index (χ1n) is 9.73. The number of morpholine rings is 1. The maximum atomic E-state index is 12.4. The molecule has 0 spiro atoms. The number of rotatable bonds is 4. The minimum Gasteiger partial charge on any atom is -0.378 e. The average molecular weight is 380 g/mol. The van der Waals surface area contributed by atoms with E-state index in [4.69, 9.17) is 4.74 Å². The summed E-state index contributed by atoms with van der Waals surface area (Å²) < 4.78 is 5.40. The smallest absolute Gasteiger partial charge is 0.271 e. The molecule has 1 amide bonds. The molecule has 0 bridgehead atoms. The number of carbonyl (C=O) groups is 1. The third-order valence-electron chi connectivity index (χ3n) is 5.00. The zero-order chi connectivity index (χ0) is 20.1. The molecule has 1 heterocycles. The molecule has 28 heavy (non-hydrogen) atoms. The van der Waals surface area contributed by atoms with E-state index in [0.717, 1.165) is 37.6 Å². The summed E-state index contributed by atoms with van der Waals surface area (Å²) in [4.78, 5) is 14.7. The fourth-order valence-electron chi connectivity index (χ4n) is 3.12. The normalized spacial score (nSPS) is 15.4. The molecule has 0 aliphatic carbocycles. The lowest BCUT2D eigenvalue weighted by Crippen LogP contribution is -2.36. The minimum absolute atomic E-state index is 0.0666. The van der Waals surface area contributed by atoms with Crippen LogP contribution in [0.4, 0.5) is 5.69 Å². The van der Waals surface area contributed by atoms with Gasteiger partial charge in [0, 0.05) is 24.3 Å². The van der Waals surface area contributed by atoms with Crippen LogP contribution in [-0.4, -0.2) is 37.9 Å². The van der Waals surface area contributed by atoms with Crippen molar-refractivity contribution >= 4 is 17.3 Å². The number of amides is 1. The number of hydrogen-bond acceptors (Lipinski definition) is 4. The van der Waals surface area contributed by atoms with Crippen molar-refractivity contribution in [3.05, 3.63) is 65.2 Å². The molecule has 0 unspecified atom stereocenters. The number of hydrazone groups is 1. The molecule has 1 fully saturated rings. The Hall–Kier alpha value is -2.66. The number of nitrogens with one attached hydrogen (secondary N) is 1. The Bertz CT molecular complexity index is 828. The van der Waals surface area contributed by atoms with Gasteiger partial charge in [0.25, 0.3) is 5.91 Å². The van der Waals surface area contributed by atoms with Crippen LogP contribution < -0.4 is 10.3 Å². The summed E-state index contributed by atoms with van der Waals surface area (Å²) in [7, 11) is 0. The van der Waals surface area contributed by atoms with E-state index >= 15 is 0 Å². The van der Waals surface area contributed by atoms with Gasteiger partial charge < -0.3 is 9.64 Å². The number of nitrogens with zero attached hydrogens (tertiary/aromatic N) is 2. The van der Waals surface area contributed by atoms with Crippen LogP contribution in [0.5, 0.6) is 0 Å². The Balaban J connectivity index is 1.62. The fourth-order valence-corrected chi connectivity index (χ4v) is 3.12. The van der Waals surface area contributed by atoms with Crippen LogP contribution in [0.2, 0.25) is 0 Å². The first kappa shape index (κ1) is 20.1. The SMILES string of the molecule is CC(=NNC(=O)c1ccc(C(C)(C)C)cc1)c1ccc(N2CCOCC2)cc1.